The first-order chi connectivity index (χ1) is 9.53. The molecule has 7 nitrogen and oxygen atoms in total. The van der Waals surface area contributed by atoms with Gasteiger partial charge in [-0.3, -0.25) is 9.79 Å². The van der Waals surface area contributed by atoms with Crippen LogP contribution in [0.1, 0.15) is 15.9 Å². The van der Waals surface area contributed by atoms with Gasteiger partial charge in [0, 0.05) is 37.1 Å². The van der Waals surface area contributed by atoms with Gasteiger partial charge in [0.1, 0.15) is 5.84 Å². The minimum Gasteiger partial charge on any atom is -0.481 e. The van der Waals surface area contributed by atoms with Crippen LogP contribution < -0.4 is 21.5 Å². The molecule has 1 amide bonds. The van der Waals surface area contributed by atoms with Gasteiger partial charge in [-0.15, -0.1) is 0 Å². The highest BCUT2D eigenvalue weighted by molar-refractivity contribution is 5.99. The van der Waals surface area contributed by atoms with Gasteiger partial charge in [0.25, 0.3) is 5.91 Å². The maximum absolute atomic E-state index is 12.0. The van der Waals surface area contributed by atoms with Crippen LogP contribution in [-0.4, -0.2) is 37.4 Å². The SMILES string of the molecule is CN=C(N)C(=CN)CNC(=O)c1cnc(OC)c(C)c1. The van der Waals surface area contributed by atoms with E-state index in [1.165, 1.54) is 19.5 Å². The Bertz CT molecular complexity index is 552. The number of carbonyl (C=O) groups excluding carboxylic acids is 1. The maximum atomic E-state index is 12.0. The molecule has 0 saturated carbocycles. The number of nitrogens with two attached hydrogens (primary N) is 2. The molecule has 0 fully saturated rings. The van der Waals surface area contributed by atoms with Gasteiger partial charge in [0.2, 0.25) is 5.88 Å². The number of ether oxygens (including phenoxy) is 1. The molecule has 1 heterocycles. The number of aliphatic imine (C=N–C) groups is 1. The van der Waals surface area contributed by atoms with Gasteiger partial charge in [0.15, 0.2) is 0 Å². The molecular formula is C13H19N5O2. The lowest BCUT2D eigenvalue weighted by molar-refractivity contribution is 0.0957. The van der Waals surface area contributed by atoms with Crippen LogP contribution in [0.25, 0.3) is 0 Å². The largest absolute Gasteiger partial charge is 0.481 e. The molecule has 0 aromatic carbocycles. The van der Waals surface area contributed by atoms with Crippen LogP contribution in [0.3, 0.4) is 0 Å². The number of hydrogen-bond acceptors (Lipinski definition) is 5. The van der Waals surface area contributed by atoms with Crippen molar-refractivity contribution in [3.8, 4) is 5.88 Å². The van der Waals surface area contributed by atoms with Crippen molar-refractivity contribution < 1.29 is 9.53 Å². The molecule has 5 N–H and O–H groups in total. The average Bonchev–Trinajstić information content (AvgIpc) is 2.47. The second-order valence-electron chi connectivity index (χ2n) is 4.03. The van der Waals surface area contributed by atoms with E-state index >= 15 is 0 Å². The highest BCUT2D eigenvalue weighted by Gasteiger charge is 2.10. The van der Waals surface area contributed by atoms with Gasteiger partial charge in [0.05, 0.1) is 12.7 Å². The van der Waals surface area contributed by atoms with Crippen molar-refractivity contribution in [2.75, 3.05) is 20.7 Å². The number of nitrogens with one attached hydrogen (secondary N) is 1. The highest BCUT2D eigenvalue weighted by atomic mass is 16.5. The number of carbonyl (C=O) groups is 1. The Balaban J connectivity index is 2.75. The molecule has 1 rings (SSSR count). The van der Waals surface area contributed by atoms with E-state index in [0.29, 0.717) is 17.0 Å². The second kappa shape index (κ2) is 7.13. The van der Waals surface area contributed by atoms with Crippen molar-refractivity contribution in [2.45, 2.75) is 6.92 Å². The minimum absolute atomic E-state index is 0.198. The van der Waals surface area contributed by atoms with Crippen molar-refractivity contribution in [3.05, 3.63) is 35.2 Å². The van der Waals surface area contributed by atoms with Crippen molar-refractivity contribution >= 4 is 11.7 Å². The summed E-state index contributed by atoms with van der Waals surface area (Å²) in [5, 5.41) is 2.70. The summed E-state index contributed by atoms with van der Waals surface area (Å²) in [7, 11) is 3.08. The van der Waals surface area contributed by atoms with E-state index in [9.17, 15) is 4.79 Å². The zero-order valence-electron chi connectivity index (χ0n) is 11.8. The van der Waals surface area contributed by atoms with Crippen molar-refractivity contribution in [3.63, 3.8) is 0 Å². The maximum Gasteiger partial charge on any atom is 0.253 e. The first kappa shape index (κ1) is 15.5. The fourth-order valence-corrected chi connectivity index (χ4v) is 1.56. The smallest absolute Gasteiger partial charge is 0.253 e. The summed E-state index contributed by atoms with van der Waals surface area (Å²) in [6, 6.07) is 1.70. The number of methoxy groups -OCH3 is 1. The fraction of sp³-hybridized carbons (Fsp3) is 0.308. The number of hydrogen-bond donors (Lipinski definition) is 3. The predicted octanol–water partition coefficient (Wildman–Crippen LogP) is -0.0420. The van der Waals surface area contributed by atoms with Gasteiger partial charge < -0.3 is 21.5 Å². The molecule has 0 bridgehead atoms. The van der Waals surface area contributed by atoms with E-state index in [4.69, 9.17) is 16.2 Å². The van der Waals surface area contributed by atoms with E-state index in [1.807, 2.05) is 6.92 Å². The zero-order chi connectivity index (χ0) is 15.1. The third kappa shape index (κ3) is 3.71. The summed E-state index contributed by atoms with van der Waals surface area (Å²) in [6.07, 6.45) is 2.77. The number of amides is 1. The molecule has 0 atom stereocenters. The number of aromatic nitrogens is 1. The fourth-order valence-electron chi connectivity index (χ4n) is 1.56. The normalized spacial score (nSPS) is 12.2. The van der Waals surface area contributed by atoms with Crippen LogP contribution in [0.5, 0.6) is 5.88 Å². The molecule has 7 heteroatoms. The first-order valence-electron chi connectivity index (χ1n) is 5.95. The Morgan fingerprint density at radius 2 is 2.30 bits per heavy atom. The van der Waals surface area contributed by atoms with Gasteiger partial charge in [-0.1, -0.05) is 0 Å². The van der Waals surface area contributed by atoms with Crippen LogP contribution in [0, 0.1) is 6.92 Å². The molecule has 0 aliphatic rings. The molecule has 0 aliphatic carbocycles. The van der Waals surface area contributed by atoms with E-state index in [2.05, 4.69) is 15.3 Å². The van der Waals surface area contributed by atoms with E-state index < -0.39 is 0 Å². The van der Waals surface area contributed by atoms with Crippen LogP contribution in [-0.2, 0) is 0 Å². The molecule has 1 aromatic rings. The minimum atomic E-state index is -0.272. The summed E-state index contributed by atoms with van der Waals surface area (Å²) >= 11 is 0. The third-order valence-corrected chi connectivity index (χ3v) is 2.70. The third-order valence-electron chi connectivity index (χ3n) is 2.70. The van der Waals surface area contributed by atoms with Gasteiger partial charge in [-0.05, 0) is 13.0 Å². The summed E-state index contributed by atoms with van der Waals surface area (Å²) < 4.78 is 5.04. The Kier molecular flexibility index (Phi) is 5.52. The molecule has 0 spiro atoms. The Hall–Kier alpha value is -2.57. The van der Waals surface area contributed by atoms with Crippen LogP contribution in [0.15, 0.2) is 29.0 Å². The first-order valence-corrected chi connectivity index (χ1v) is 5.95. The molecule has 1 aromatic heterocycles. The molecule has 0 saturated heterocycles. The Labute approximate surface area is 117 Å². The van der Waals surface area contributed by atoms with Gasteiger partial charge in [-0.25, -0.2) is 4.98 Å². The molecule has 0 radical (unpaired) electrons. The van der Waals surface area contributed by atoms with E-state index in [0.717, 1.165) is 5.56 Å². The number of amidine groups is 1. The van der Waals surface area contributed by atoms with E-state index in [1.54, 1.807) is 13.1 Å². The quantitative estimate of drug-likeness (QED) is 0.516. The zero-order valence-corrected chi connectivity index (χ0v) is 11.8. The number of rotatable bonds is 5. The Morgan fingerprint density at radius 3 is 2.80 bits per heavy atom. The molecule has 0 aliphatic heterocycles. The predicted molar refractivity (Wildman–Crippen MR) is 77.7 cm³/mol. The highest BCUT2D eigenvalue weighted by Crippen LogP contribution is 2.14. The lowest BCUT2D eigenvalue weighted by Crippen LogP contribution is -2.31. The lowest BCUT2D eigenvalue weighted by Gasteiger charge is -2.09. The average molecular weight is 277 g/mol. The van der Waals surface area contributed by atoms with Crippen LogP contribution in [0.2, 0.25) is 0 Å². The monoisotopic (exact) mass is 277 g/mol. The summed E-state index contributed by atoms with van der Waals surface area (Å²) in [4.78, 5) is 19.8. The Morgan fingerprint density at radius 1 is 1.60 bits per heavy atom. The topological polar surface area (TPSA) is 116 Å². The second-order valence-corrected chi connectivity index (χ2v) is 4.03. The molecule has 108 valence electrons. The number of pyridine rings is 1. The van der Waals surface area contributed by atoms with E-state index in [-0.39, 0.29) is 18.3 Å². The molecular weight excluding hydrogens is 258 g/mol. The van der Waals surface area contributed by atoms with Crippen molar-refractivity contribution in [2.24, 2.45) is 16.5 Å². The van der Waals surface area contributed by atoms with Crippen molar-refractivity contribution in [1.82, 2.24) is 10.3 Å². The van der Waals surface area contributed by atoms with Crippen LogP contribution >= 0.6 is 0 Å². The van der Waals surface area contributed by atoms with Gasteiger partial charge in [-0.2, -0.15) is 0 Å². The standard InChI is InChI=1S/C13H19N5O2/c1-8-4-9(6-18-13(8)20-3)12(19)17-7-10(5-14)11(15)16-2/h4-6H,7,14H2,1-3H3,(H2,15,16)(H,17,19). The number of nitrogens with zero attached hydrogens (tertiary/aromatic N) is 2. The number of aryl methyl sites for hydroxylation is 1. The molecule has 20 heavy (non-hydrogen) atoms. The van der Waals surface area contributed by atoms with Crippen LogP contribution in [0.4, 0.5) is 0 Å². The lowest BCUT2D eigenvalue weighted by atomic mass is 10.2. The van der Waals surface area contributed by atoms with Crippen molar-refractivity contribution in [1.29, 1.82) is 0 Å². The summed E-state index contributed by atoms with van der Waals surface area (Å²) in [5.41, 5.74) is 12.8. The van der Waals surface area contributed by atoms with Gasteiger partial charge >= 0.3 is 0 Å². The summed E-state index contributed by atoms with van der Waals surface area (Å²) in [5.74, 6) is 0.509. The molecule has 0 unspecified atom stereocenters. The summed E-state index contributed by atoms with van der Waals surface area (Å²) in [6.45, 7) is 2.01.